The highest BCUT2D eigenvalue weighted by Gasteiger charge is 2.17. The van der Waals surface area contributed by atoms with Crippen molar-refractivity contribution in [3.63, 3.8) is 0 Å². The van der Waals surface area contributed by atoms with Crippen molar-refractivity contribution in [1.82, 2.24) is 5.32 Å². The number of aryl methyl sites for hydroxylation is 1. The number of hydrogen-bond donors (Lipinski definition) is 1. The maximum absolute atomic E-state index is 14.1. The molecule has 0 fully saturated rings. The molecule has 4 heteroatoms. The molecule has 20 heavy (non-hydrogen) atoms. The monoisotopic (exact) mass is 277 g/mol. The van der Waals surface area contributed by atoms with Gasteiger partial charge < -0.3 is 10.1 Å². The van der Waals surface area contributed by atoms with Gasteiger partial charge in [-0.25, -0.2) is 8.78 Å². The second kappa shape index (κ2) is 6.01. The van der Waals surface area contributed by atoms with Crippen molar-refractivity contribution < 1.29 is 13.5 Å². The molecule has 1 N–H and O–H groups in total. The molecular formula is C16H17F2NO. The Morgan fingerprint density at radius 3 is 2.40 bits per heavy atom. The Morgan fingerprint density at radius 1 is 1.10 bits per heavy atom. The highest BCUT2D eigenvalue weighted by molar-refractivity contribution is 5.38. The van der Waals surface area contributed by atoms with Gasteiger partial charge in [-0.2, -0.15) is 0 Å². The minimum absolute atomic E-state index is 0.325. The lowest BCUT2D eigenvalue weighted by atomic mass is 9.96. The van der Waals surface area contributed by atoms with Crippen LogP contribution in [0, 0.1) is 18.6 Å². The molecule has 0 spiro atoms. The van der Waals surface area contributed by atoms with Gasteiger partial charge in [0.2, 0.25) is 0 Å². The molecule has 1 unspecified atom stereocenters. The van der Waals surface area contributed by atoms with Gasteiger partial charge in [0.05, 0.1) is 13.2 Å². The molecule has 0 saturated heterocycles. The molecule has 2 aromatic carbocycles. The fourth-order valence-corrected chi connectivity index (χ4v) is 2.30. The summed E-state index contributed by atoms with van der Waals surface area (Å²) in [4.78, 5) is 0. The number of benzene rings is 2. The van der Waals surface area contributed by atoms with E-state index in [-0.39, 0.29) is 11.6 Å². The topological polar surface area (TPSA) is 21.3 Å². The molecule has 2 rings (SSSR count). The summed E-state index contributed by atoms with van der Waals surface area (Å²) >= 11 is 0. The van der Waals surface area contributed by atoms with Crippen LogP contribution in [0.1, 0.15) is 22.7 Å². The van der Waals surface area contributed by atoms with E-state index >= 15 is 0 Å². The van der Waals surface area contributed by atoms with Crippen LogP contribution in [0.4, 0.5) is 8.78 Å². The molecule has 0 heterocycles. The minimum Gasteiger partial charge on any atom is -0.497 e. The Balaban J connectivity index is 2.46. The van der Waals surface area contributed by atoms with E-state index in [1.54, 1.807) is 19.2 Å². The fourth-order valence-electron chi connectivity index (χ4n) is 2.30. The fraction of sp³-hybridized carbons (Fsp3) is 0.250. The predicted octanol–water partition coefficient (Wildman–Crippen LogP) is 3.59. The van der Waals surface area contributed by atoms with Crippen LogP contribution in [0.5, 0.6) is 5.75 Å². The van der Waals surface area contributed by atoms with Crippen molar-refractivity contribution in [3.05, 3.63) is 64.7 Å². The zero-order chi connectivity index (χ0) is 14.7. The highest BCUT2D eigenvalue weighted by atomic mass is 19.1. The van der Waals surface area contributed by atoms with Crippen LogP contribution in [0.15, 0.2) is 36.4 Å². The van der Waals surface area contributed by atoms with E-state index < -0.39 is 6.04 Å². The summed E-state index contributed by atoms with van der Waals surface area (Å²) in [6.45, 7) is 1.81. The van der Waals surface area contributed by atoms with Gasteiger partial charge in [-0.1, -0.05) is 12.1 Å². The zero-order valence-electron chi connectivity index (χ0n) is 11.7. The molecule has 2 nitrogen and oxygen atoms in total. The molecule has 0 aliphatic heterocycles. The summed E-state index contributed by atoms with van der Waals surface area (Å²) in [5.74, 6) is -0.253. The molecular weight excluding hydrogens is 260 g/mol. The normalized spacial score (nSPS) is 12.2. The second-order valence-electron chi connectivity index (χ2n) is 4.67. The van der Waals surface area contributed by atoms with Gasteiger partial charge >= 0.3 is 0 Å². The Kier molecular flexibility index (Phi) is 4.35. The van der Waals surface area contributed by atoms with E-state index in [1.807, 2.05) is 13.0 Å². The first-order valence-electron chi connectivity index (χ1n) is 6.33. The van der Waals surface area contributed by atoms with Crippen LogP contribution in [0.25, 0.3) is 0 Å². The Morgan fingerprint density at radius 2 is 1.85 bits per heavy atom. The van der Waals surface area contributed by atoms with Crippen molar-refractivity contribution in [2.75, 3.05) is 14.2 Å². The van der Waals surface area contributed by atoms with Crippen molar-refractivity contribution in [3.8, 4) is 5.75 Å². The van der Waals surface area contributed by atoms with Crippen molar-refractivity contribution in [1.29, 1.82) is 0 Å². The number of methoxy groups -OCH3 is 1. The van der Waals surface area contributed by atoms with E-state index in [2.05, 4.69) is 5.32 Å². The van der Waals surface area contributed by atoms with Gasteiger partial charge in [0.25, 0.3) is 0 Å². The third kappa shape index (κ3) is 2.96. The molecule has 0 bridgehead atoms. The first kappa shape index (κ1) is 14.5. The summed E-state index contributed by atoms with van der Waals surface area (Å²) in [5.41, 5.74) is 1.95. The third-order valence-electron chi connectivity index (χ3n) is 3.21. The quantitative estimate of drug-likeness (QED) is 0.922. The van der Waals surface area contributed by atoms with Gasteiger partial charge in [-0.3, -0.25) is 0 Å². The van der Waals surface area contributed by atoms with Gasteiger partial charge in [0.15, 0.2) is 0 Å². The van der Waals surface area contributed by atoms with Gasteiger partial charge in [-0.05, 0) is 43.3 Å². The highest BCUT2D eigenvalue weighted by Crippen LogP contribution is 2.27. The molecule has 0 radical (unpaired) electrons. The lowest BCUT2D eigenvalue weighted by molar-refractivity contribution is 0.410. The van der Waals surface area contributed by atoms with E-state index in [1.165, 1.54) is 25.3 Å². The smallest absolute Gasteiger partial charge is 0.132 e. The first-order valence-corrected chi connectivity index (χ1v) is 6.33. The van der Waals surface area contributed by atoms with Crippen LogP contribution < -0.4 is 10.1 Å². The Labute approximate surface area is 117 Å². The standard InChI is InChI=1S/C16H17F2NO/c1-10-6-11(8-12(17)7-10)16(19-2)14-5-4-13(20-3)9-15(14)18/h4-9,16,19H,1-3H3. The van der Waals surface area contributed by atoms with E-state index in [4.69, 9.17) is 4.74 Å². The van der Waals surface area contributed by atoms with Crippen LogP contribution >= 0.6 is 0 Å². The maximum Gasteiger partial charge on any atom is 0.132 e. The first-order chi connectivity index (χ1) is 9.55. The van der Waals surface area contributed by atoms with Crippen molar-refractivity contribution in [2.45, 2.75) is 13.0 Å². The average Bonchev–Trinajstić information content (AvgIpc) is 2.40. The summed E-state index contributed by atoms with van der Waals surface area (Å²) in [6.07, 6.45) is 0. The zero-order valence-corrected chi connectivity index (χ0v) is 11.7. The summed E-state index contributed by atoms with van der Waals surface area (Å²) in [7, 11) is 3.20. The molecule has 0 aliphatic rings. The van der Waals surface area contributed by atoms with Gasteiger partial charge in [0, 0.05) is 11.6 Å². The summed E-state index contributed by atoms with van der Waals surface area (Å²) in [5, 5.41) is 3.02. The lowest BCUT2D eigenvalue weighted by Gasteiger charge is -2.19. The number of nitrogens with one attached hydrogen (secondary N) is 1. The number of rotatable bonds is 4. The van der Waals surface area contributed by atoms with Crippen molar-refractivity contribution >= 4 is 0 Å². The second-order valence-corrected chi connectivity index (χ2v) is 4.67. The van der Waals surface area contributed by atoms with Gasteiger partial charge in [0.1, 0.15) is 17.4 Å². The third-order valence-corrected chi connectivity index (χ3v) is 3.21. The van der Waals surface area contributed by atoms with Crippen LogP contribution in [0.3, 0.4) is 0 Å². The SMILES string of the molecule is CNC(c1cc(C)cc(F)c1)c1ccc(OC)cc1F. The van der Waals surface area contributed by atoms with Crippen LogP contribution in [0.2, 0.25) is 0 Å². The largest absolute Gasteiger partial charge is 0.497 e. The van der Waals surface area contributed by atoms with Crippen molar-refractivity contribution in [2.24, 2.45) is 0 Å². The molecule has 1 atom stereocenters. The lowest BCUT2D eigenvalue weighted by Crippen LogP contribution is -2.19. The number of halogens is 2. The van der Waals surface area contributed by atoms with E-state index in [0.29, 0.717) is 16.9 Å². The van der Waals surface area contributed by atoms with Crippen LogP contribution in [-0.2, 0) is 0 Å². The Bertz CT molecular complexity index is 593. The minimum atomic E-state index is -0.407. The van der Waals surface area contributed by atoms with Gasteiger partial charge in [-0.15, -0.1) is 0 Å². The number of ether oxygens (including phenoxy) is 1. The number of hydrogen-bond acceptors (Lipinski definition) is 2. The summed E-state index contributed by atoms with van der Waals surface area (Å²) < 4.78 is 32.7. The maximum atomic E-state index is 14.1. The molecule has 0 saturated carbocycles. The molecule has 2 aromatic rings. The predicted molar refractivity (Wildman–Crippen MR) is 75.0 cm³/mol. The Hall–Kier alpha value is -1.94. The molecule has 0 aliphatic carbocycles. The molecule has 106 valence electrons. The summed E-state index contributed by atoms with van der Waals surface area (Å²) in [6, 6.07) is 8.96. The average molecular weight is 277 g/mol. The molecule has 0 amide bonds. The molecule has 0 aromatic heterocycles. The van der Waals surface area contributed by atoms with E-state index in [9.17, 15) is 8.78 Å². The van der Waals surface area contributed by atoms with Crippen LogP contribution in [-0.4, -0.2) is 14.2 Å². The van der Waals surface area contributed by atoms with E-state index in [0.717, 1.165) is 5.56 Å².